The third-order valence-corrected chi connectivity index (χ3v) is 2.93. The fraction of sp³-hybridized carbons (Fsp3) is 0.571. The van der Waals surface area contributed by atoms with Gasteiger partial charge in [-0.2, -0.15) is 0 Å². The Morgan fingerprint density at radius 1 is 1.25 bits per heavy atom. The van der Waals surface area contributed by atoms with Gasteiger partial charge < -0.3 is 10.4 Å². The van der Waals surface area contributed by atoms with E-state index in [1.165, 1.54) is 18.4 Å². The Morgan fingerprint density at radius 3 is 2.31 bits per heavy atom. The maximum absolute atomic E-state index is 9.67. The Morgan fingerprint density at radius 2 is 1.81 bits per heavy atom. The van der Waals surface area contributed by atoms with Crippen LogP contribution in [0.3, 0.4) is 0 Å². The molecule has 1 aromatic carbocycles. The molecule has 0 aromatic heterocycles. The van der Waals surface area contributed by atoms with E-state index in [4.69, 9.17) is 0 Å². The number of phenolic OH excluding ortho intramolecular Hbond substituents is 1. The first-order valence-electron chi connectivity index (χ1n) is 6.07. The fourth-order valence-corrected chi connectivity index (χ4v) is 1.97. The van der Waals surface area contributed by atoms with E-state index in [9.17, 15) is 5.11 Å². The van der Waals surface area contributed by atoms with E-state index in [1.807, 2.05) is 26.0 Å². The Bertz CT molecular complexity index is 324. The average molecular weight is 221 g/mol. The maximum atomic E-state index is 9.67. The molecular formula is C14H23NO. The summed E-state index contributed by atoms with van der Waals surface area (Å²) in [5, 5.41) is 13.2. The van der Waals surface area contributed by atoms with Crippen molar-refractivity contribution in [1.29, 1.82) is 0 Å². The lowest BCUT2D eigenvalue weighted by molar-refractivity contribution is 0.465. The highest BCUT2D eigenvalue weighted by molar-refractivity contribution is 5.42. The SMILES string of the molecule is CCCC(C)NCc1cc(C)c(O)c(C)c1. The Labute approximate surface area is 98.7 Å². The van der Waals surface area contributed by atoms with E-state index < -0.39 is 0 Å². The quantitative estimate of drug-likeness (QED) is 0.799. The Kier molecular flexibility index (Phi) is 4.81. The van der Waals surface area contributed by atoms with Crippen molar-refractivity contribution in [2.24, 2.45) is 0 Å². The summed E-state index contributed by atoms with van der Waals surface area (Å²) in [7, 11) is 0. The summed E-state index contributed by atoms with van der Waals surface area (Å²) >= 11 is 0. The second kappa shape index (κ2) is 5.90. The van der Waals surface area contributed by atoms with Crippen LogP contribution in [0.4, 0.5) is 0 Å². The number of phenols is 1. The molecule has 2 nitrogen and oxygen atoms in total. The van der Waals surface area contributed by atoms with E-state index in [1.54, 1.807) is 0 Å². The van der Waals surface area contributed by atoms with Crippen LogP contribution >= 0.6 is 0 Å². The smallest absolute Gasteiger partial charge is 0.121 e. The number of aromatic hydroxyl groups is 1. The number of rotatable bonds is 5. The molecule has 0 saturated heterocycles. The van der Waals surface area contributed by atoms with Crippen molar-refractivity contribution in [1.82, 2.24) is 5.32 Å². The van der Waals surface area contributed by atoms with Crippen LogP contribution < -0.4 is 5.32 Å². The van der Waals surface area contributed by atoms with E-state index in [-0.39, 0.29) is 0 Å². The molecule has 0 fully saturated rings. The molecule has 0 bridgehead atoms. The van der Waals surface area contributed by atoms with Crippen LogP contribution in [0.5, 0.6) is 5.75 Å². The van der Waals surface area contributed by atoms with Gasteiger partial charge in [-0.1, -0.05) is 25.5 Å². The predicted octanol–water partition coefficient (Wildman–Crippen LogP) is 3.29. The summed E-state index contributed by atoms with van der Waals surface area (Å²) in [6.45, 7) is 9.18. The van der Waals surface area contributed by atoms with Crippen LogP contribution in [0.2, 0.25) is 0 Å². The second-order valence-electron chi connectivity index (χ2n) is 4.65. The molecule has 0 aliphatic heterocycles. The molecule has 2 N–H and O–H groups in total. The summed E-state index contributed by atoms with van der Waals surface area (Å²) < 4.78 is 0. The molecule has 0 amide bonds. The topological polar surface area (TPSA) is 32.3 Å². The van der Waals surface area contributed by atoms with Crippen molar-refractivity contribution >= 4 is 0 Å². The lowest BCUT2D eigenvalue weighted by Gasteiger charge is -2.14. The zero-order valence-electron chi connectivity index (χ0n) is 10.8. The van der Waals surface area contributed by atoms with E-state index in [2.05, 4.69) is 19.2 Å². The normalized spacial score (nSPS) is 12.8. The van der Waals surface area contributed by atoms with Crippen molar-refractivity contribution < 1.29 is 5.11 Å². The molecule has 90 valence electrons. The highest BCUT2D eigenvalue weighted by atomic mass is 16.3. The molecule has 0 saturated carbocycles. The van der Waals surface area contributed by atoms with E-state index in [0.29, 0.717) is 11.8 Å². The zero-order valence-corrected chi connectivity index (χ0v) is 10.8. The summed E-state index contributed by atoms with van der Waals surface area (Å²) in [5.41, 5.74) is 3.16. The molecule has 0 aliphatic carbocycles. The standard InChI is InChI=1S/C14H23NO/c1-5-6-12(4)15-9-13-7-10(2)14(16)11(3)8-13/h7-8,12,15-16H,5-6,9H2,1-4H3. The first-order chi connectivity index (χ1) is 7.54. The zero-order chi connectivity index (χ0) is 12.1. The van der Waals surface area contributed by atoms with Crippen LogP contribution in [0.15, 0.2) is 12.1 Å². The highest BCUT2D eigenvalue weighted by Gasteiger charge is 2.04. The molecule has 16 heavy (non-hydrogen) atoms. The number of aryl methyl sites for hydroxylation is 2. The number of benzene rings is 1. The molecule has 0 spiro atoms. The van der Waals surface area contributed by atoms with Gasteiger partial charge in [-0.3, -0.25) is 0 Å². The third kappa shape index (κ3) is 3.53. The van der Waals surface area contributed by atoms with Gasteiger partial charge in [0.05, 0.1) is 0 Å². The third-order valence-electron chi connectivity index (χ3n) is 2.93. The summed E-state index contributed by atoms with van der Waals surface area (Å²) in [6.07, 6.45) is 2.41. The molecular weight excluding hydrogens is 198 g/mol. The minimum atomic E-state index is 0.422. The van der Waals surface area contributed by atoms with Gasteiger partial charge in [0.1, 0.15) is 5.75 Å². The molecule has 0 aliphatic rings. The molecule has 1 aromatic rings. The van der Waals surface area contributed by atoms with Crippen molar-refractivity contribution in [3.8, 4) is 5.75 Å². The van der Waals surface area contributed by atoms with Crippen molar-refractivity contribution in [3.63, 3.8) is 0 Å². The molecule has 1 atom stereocenters. The summed E-state index contributed by atoms with van der Waals surface area (Å²) in [5.74, 6) is 0.422. The predicted molar refractivity (Wildman–Crippen MR) is 68.8 cm³/mol. The van der Waals surface area contributed by atoms with Crippen molar-refractivity contribution in [2.75, 3.05) is 0 Å². The van der Waals surface area contributed by atoms with Crippen molar-refractivity contribution in [2.45, 2.75) is 53.1 Å². The summed E-state index contributed by atoms with van der Waals surface area (Å²) in [6, 6.07) is 4.65. The van der Waals surface area contributed by atoms with Gasteiger partial charge in [0.15, 0.2) is 0 Å². The minimum Gasteiger partial charge on any atom is -0.507 e. The lowest BCUT2D eigenvalue weighted by atomic mass is 10.1. The molecule has 1 unspecified atom stereocenters. The van der Waals surface area contributed by atoms with Gasteiger partial charge in [-0.15, -0.1) is 0 Å². The largest absolute Gasteiger partial charge is 0.507 e. The monoisotopic (exact) mass is 221 g/mol. The van der Waals surface area contributed by atoms with Gasteiger partial charge in [0, 0.05) is 12.6 Å². The Balaban J connectivity index is 2.61. The lowest BCUT2D eigenvalue weighted by Crippen LogP contribution is -2.25. The fourth-order valence-electron chi connectivity index (χ4n) is 1.97. The van der Waals surface area contributed by atoms with E-state index >= 15 is 0 Å². The first-order valence-corrected chi connectivity index (χ1v) is 6.07. The van der Waals surface area contributed by atoms with Gasteiger partial charge in [-0.05, 0) is 43.9 Å². The minimum absolute atomic E-state index is 0.422. The average Bonchev–Trinajstić information content (AvgIpc) is 2.23. The van der Waals surface area contributed by atoms with Gasteiger partial charge in [0.2, 0.25) is 0 Å². The second-order valence-corrected chi connectivity index (χ2v) is 4.65. The van der Waals surface area contributed by atoms with Gasteiger partial charge in [0.25, 0.3) is 0 Å². The number of hydrogen-bond acceptors (Lipinski definition) is 2. The molecule has 2 heteroatoms. The van der Waals surface area contributed by atoms with Crippen LogP contribution in [0, 0.1) is 13.8 Å². The van der Waals surface area contributed by atoms with Gasteiger partial charge in [-0.25, -0.2) is 0 Å². The Hall–Kier alpha value is -1.02. The van der Waals surface area contributed by atoms with Crippen LogP contribution in [0.25, 0.3) is 0 Å². The van der Waals surface area contributed by atoms with E-state index in [0.717, 1.165) is 17.7 Å². The van der Waals surface area contributed by atoms with Crippen LogP contribution in [-0.2, 0) is 6.54 Å². The molecule has 1 rings (SSSR count). The number of hydrogen-bond donors (Lipinski definition) is 2. The molecule has 0 radical (unpaired) electrons. The highest BCUT2D eigenvalue weighted by Crippen LogP contribution is 2.22. The van der Waals surface area contributed by atoms with Crippen LogP contribution in [-0.4, -0.2) is 11.1 Å². The van der Waals surface area contributed by atoms with Crippen molar-refractivity contribution in [3.05, 3.63) is 28.8 Å². The van der Waals surface area contributed by atoms with Gasteiger partial charge >= 0.3 is 0 Å². The van der Waals surface area contributed by atoms with Crippen LogP contribution in [0.1, 0.15) is 43.4 Å². The summed E-state index contributed by atoms with van der Waals surface area (Å²) in [4.78, 5) is 0. The maximum Gasteiger partial charge on any atom is 0.121 e. The molecule has 0 heterocycles. The first kappa shape index (κ1) is 13.0. The number of nitrogens with one attached hydrogen (secondary N) is 1.